The Kier molecular flexibility index (Phi) is 6.89. The van der Waals surface area contributed by atoms with Gasteiger partial charge in [-0.15, -0.1) is 0 Å². The van der Waals surface area contributed by atoms with Crippen LogP contribution >= 0.6 is 0 Å². The average Bonchev–Trinajstić information content (AvgIpc) is 3.22. The van der Waals surface area contributed by atoms with E-state index in [9.17, 15) is 9.59 Å². The molecule has 7 heteroatoms. The summed E-state index contributed by atoms with van der Waals surface area (Å²) >= 11 is 0. The van der Waals surface area contributed by atoms with E-state index in [0.29, 0.717) is 34.6 Å². The Labute approximate surface area is 216 Å². The van der Waals surface area contributed by atoms with Crippen molar-refractivity contribution in [3.05, 3.63) is 81.7 Å². The van der Waals surface area contributed by atoms with Crippen molar-refractivity contribution < 1.29 is 18.7 Å². The zero-order valence-electron chi connectivity index (χ0n) is 21.7. The number of carbonyl (C=O) groups excluding carboxylic acids is 1. The molecule has 0 saturated carbocycles. The molecule has 1 amide bonds. The van der Waals surface area contributed by atoms with Crippen LogP contribution in [0.25, 0.3) is 21.7 Å². The summed E-state index contributed by atoms with van der Waals surface area (Å²) in [6, 6.07) is 16.4. The van der Waals surface area contributed by atoms with Gasteiger partial charge in [0.1, 0.15) is 5.58 Å². The molecule has 7 nitrogen and oxygen atoms in total. The van der Waals surface area contributed by atoms with Crippen LogP contribution in [0.2, 0.25) is 0 Å². The number of benzene rings is 3. The first kappa shape index (κ1) is 24.8. The van der Waals surface area contributed by atoms with Crippen molar-refractivity contribution in [1.29, 1.82) is 0 Å². The molecule has 1 aromatic heterocycles. The number of fused-ring (bicyclic) bond motifs is 4. The second-order valence-corrected chi connectivity index (χ2v) is 9.23. The number of methoxy groups -OCH3 is 2. The number of amides is 1. The zero-order chi connectivity index (χ0) is 26.1. The second-order valence-electron chi connectivity index (χ2n) is 9.23. The zero-order valence-corrected chi connectivity index (χ0v) is 21.7. The normalized spacial score (nSPS) is 15.1. The van der Waals surface area contributed by atoms with Crippen LogP contribution in [0.15, 0.2) is 63.8 Å². The minimum Gasteiger partial charge on any atom is -0.493 e. The SMILES string of the molecule is CCN(CC)CCCN1C(=O)c2oc3c(ccc4ccccc43)c(=O)c2C1c1ccc(OC)c(OC)c1. The lowest BCUT2D eigenvalue weighted by atomic mass is 9.97. The minimum absolute atomic E-state index is 0.122. The molecule has 3 aromatic carbocycles. The third-order valence-corrected chi connectivity index (χ3v) is 7.35. The topological polar surface area (TPSA) is 72.2 Å². The Morgan fingerprint density at radius 1 is 0.919 bits per heavy atom. The first-order chi connectivity index (χ1) is 18.0. The van der Waals surface area contributed by atoms with Gasteiger partial charge in [-0.2, -0.15) is 0 Å². The molecule has 0 N–H and O–H groups in total. The molecule has 4 aromatic rings. The van der Waals surface area contributed by atoms with Crippen molar-refractivity contribution in [2.75, 3.05) is 40.4 Å². The number of nitrogens with zero attached hydrogens (tertiary/aromatic N) is 2. The van der Waals surface area contributed by atoms with Gasteiger partial charge in [0.25, 0.3) is 5.91 Å². The summed E-state index contributed by atoms with van der Waals surface area (Å²) < 4.78 is 17.3. The van der Waals surface area contributed by atoms with Gasteiger partial charge in [0.2, 0.25) is 5.76 Å². The van der Waals surface area contributed by atoms with E-state index in [-0.39, 0.29) is 17.1 Å². The lowest BCUT2D eigenvalue weighted by Gasteiger charge is -2.27. The molecule has 0 saturated heterocycles. The quantitative estimate of drug-likeness (QED) is 0.293. The monoisotopic (exact) mass is 500 g/mol. The maximum Gasteiger partial charge on any atom is 0.290 e. The standard InChI is InChI=1S/C30H32N2O5/c1-5-31(6-2)16-9-17-32-26(20-13-15-23(35-3)24(18-20)36-4)25-27(33)22-14-12-19-10-7-8-11-21(19)28(22)37-29(25)30(32)34/h7-8,10-15,18,26H,5-6,9,16-17H2,1-4H3. The molecule has 1 atom stereocenters. The lowest BCUT2D eigenvalue weighted by molar-refractivity contribution is 0.0720. The van der Waals surface area contributed by atoms with E-state index >= 15 is 0 Å². The Balaban J connectivity index is 1.67. The first-order valence-electron chi connectivity index (χ1n) is 12.8. The second kappa shape index (κ2) is 10.3. The Bertz CT molecular complexity index is 1520. The van der Waals surface area contributed by atoms with Gasteiger partial charge in [0.15, 0.2) is 16.9 Å². The van der Waals surface area contributed by atoms with Gasteiger partial charge < -0.3 is 23.7 Å². The van der Waals surface area contributed by atoms with Crippen molar-refractivity contribution >= 4 is 27.6 Å². The molecule has 1 aliphatic rings. The number of hydrogen-bond donors (Lipinski definition) is 0. The maximum absolute atomic E-state index is 14.0. The van der Waals surface area contributed by atoms with Crippen molar-refractivity contribution in [2.24, 2.45) is 0 Å². The van der Waals surface area contributed by atoms with E-state index in [1.54, 1.807) is 31.3 Å². The van der Waals surface area contributed by atoms with Crippen LogP contribution in [0.5, 0.6) is 11.5 Å². The fourth-order valence-corrected chi connectivity index (χ4v) is 5.35. The van der Waals surface area contributed by atoms with Gasteiger partial charge in [0, 0.05) is 11.9 Å². The Morgan fingerprint density at radius 3 is 2.41 bits per heavy atom. The highest BCUT2D eigenvalue weighted by molar-refractivity contribution is 6.06. The predicted octanol–water partition coefficient (Wildman–Crippen LogP) is 5.24. The van der Waals surface area contributed by atoms with Gasteiger partial charge in [-0.25, -0.2) is 0 Å². The maximum atomic E-state index is 14.0. The van der Waals surface area contributed by atoms with Gasteiger partial charge in [0.05, 0.1) is 31.2 Å². The van der Waals surface area contributed by atoms with Crippen LogP contribution in [0.1, 0.15) is 48.0 Å². The highest BCUT2D eigenvalue weighted by atomic mass is 16.5. The summed E-state index contributed by atoms with van der Waals surface area (Å²) in [5, 5.41) is 2.24. The molecule has 37 heavy (non-hydrogen) atoms. The molecular formula is C30H32N2O5. The van der Waals surface area contributed by atoms with Crippen LogP contribution < -0.4 is 14.9 Å². The highest BCUT2D eigenvalue weighted by Gasteiger charge is 2.42. The first-order valence-corrected chi connectivity index (χ1v) is 12.8. The van der Waals surface area contributed by atoms with Gasteiger partial charge >= 0.3 is 0 Å². The average molecular weight is 501 g/mol. The molecule has 192 valence electrons. The number of ether oxygens (including phenoxy) is 2. The van der Waals surface area contributed by atoms with Crippen LogP contribution in [-0.4, -0.2) is 56.1 Å². The predicted molar refractivity (Wildman–Crippen MR) is 145 cm³/mol. The number of rotatable bonds is 9. The van der Waals surface area contributed by atoms with Crippen LogP contribution in [-0.2, 0) is 0 Å². The molecule has 2 heterocycles. The van der Waals surface area contributed by atoms with Gasteiger partial charge in [-0.05, 0) is 55.2 Å². The summed E-state index contributed by atoms with van der Waals surface area (Å²) in [4.78, 5) is 31.9. The van der Waals surface area contributed by atoms with E-state index in [4.69, 9.17) is 13.9 Å². The van der Waals surface area contributed by atoms with E-state index in [0.717, 1.165) is 42.4 Å². The van der Waals surface area contributed by atoms with E-state index in [1.165, 1.54) is 0 Å². The fraction of sp³-hybridized carbons (Fsp3) is 0.333. The minimum atomic E-state index is -0.578. The molecule has 0 bridgehead atoms. The van der Waals surface area contributed by atoms with Crippen molar-refractivity contribution in [2.45, 2.75) is 26.3 Å². The molecular weight excluding hydrogens is 468 g/mol. The van der Waals surface area contributed by atoms with Crippen LogP contribution in [0.3, 0.4) is 0 Å². The van der Waals surface area contributed by atoms with Gasteiger partial charge in [-0.1, -0.05) is 50.2 Å². The molecule has 5 rings (SSSR count). The molecule has 0 spiro atoms. The molecule has 1 unspecified atom stereocenters. The summed E-state index contributed by atoms with van der Waals surface area (Å²) in [6.45, 7) is 7.51. The summed E-state index contributed by atoms with van der Waals surface area (Å²) in [5.74, 6) is 0.985. The summed E-state index contributed by atoms with van der Waals surface area (Å²) in [5.41, 5.74) is 1.43. The van der Waals surface area contributed by atoms with Crippen LogP contribution in [0, 0.1) is 0 Å². The van der Waals surface area contributed by atoms with Crippen molar-refractivity contribution in [3.63, 3.8) is 0 Å². The van der Waals surface area contributed by atoms with Crippen LogP contribution in [0.4, 0.5) is 0 Å². The Hall–Kier alpha value is -3.84. The van der Waals surface area contributed by atoms with Gasteiger partial charge in [-0.3, -0.25) is 9.59 Å². The molecule has 0 fully saturated rings. The van der Waals surface area contributed by atoms with E-state index in [1.807, 2.05) is 42.5 Å². The number of hydrogen-bond acceptors (Lipinski definition) is 6. The smallest absolute Gasteiger partial charge is 0.290 e. The third-order valence-electron chi connectivity index (χ3n) is 7.35. The summed E-state index contributed by atoms with van der Waals surface area (Å²) in [6.07, 6.45) is 0.780. The van der Waals surface area contributed by atoms with E-state index in [2.05, 4.69) is 18.7 Å². The number of carbonyl (C=O) groups is 1. The molecule has 1 aliphatic heterocycles. The summed E-state index contributed by atoms with van der Waals surface area (Å²) in [7, 11) is 3.15. The Morgan fingerprint density at radius 2 is 1.68 bits per heavy atom. The van der Waals surface area contributed by atoms with Crippen molar-refractivity contribution in [3.8, 4) is 11.5 Å². The largest absolute Gasteiger partial charge is 0.493 e. The highest BCUT2D eigenvalue weighted by Crippen LogP contribution is 2.41. The molecule has 0 aliphatic carbocycles. The third kappa shape index (κ3) is 4.23. The van der Waals surface area contributed by atoms with E-state index < -0.39 is 6.04 Å². The molecule has 0 radical (unpaired) electrons. The lowest BCUT2D eigenvalue weighted by Crippen LogP contribution is -2.33. The fourth-order valence-electron chi connectivity index (χ4n) is 5.35. The van der Waals surface area contributed by atoms with Crippen molar-refractivity contribution in [1.82, 2.24) is 9.80 Å².